The third-order valence-corrected chi connectivity index (χ3v) is 5.57. The van der Waals surface area contributed by atoms with Gasteiger partial charge in [-0.15, -0.1) is 10.2 Å². The van der Waals surface area contributed by atoms with Gasteiger partial charge >= 0.3 is 6.18 Å². The van der Waals surface area contributed by atoms with Crippen LogP contribution in [0.2, 0.25) is 0 Å². The van der Waals surface area contributed by atoms with Gasteiger partial charge in [-0.3, -0.25) is 9.39 Å². The number of nitrogens with one attached hydrogen (secondary N) is 1. The van der Waals surface area contributed by atoms with Crippen molar-refractivity contribution in [1.29, 1.82) is 0 Å². The molecule has 1 aliphatic rings. The molecule has 0 bridgehead atoms. The average molecular weight is 445 g/mol. The number of fused-ring (bicyclic) bond motifs is 1. The van der Waals surface area contributed by atoms with E-state index in [0.717, 1.165) is 42.9 Å². The zero-order valence-electron chi connectivity index (χ0n) is 17.9. The number of piperazine rings is 1. The van der Waals surface area contributed by atoms with E-state index in [1.165, 1.54) is 12.1 Å². The topological polar surface area (TPSA) is 61.1 Å². The van der Waals surface area contributed by atoms with Gasteiger partial charge in [-0.05, 0) is 36.8 Å². The van der Waals surface area contributed by atoms with Crippen molar-refractivity contribution >= 4 is 17.3 Å². The highest BCUT2D eigenvalue weighted by molar-refractivity contribution is 5.80. The summed E-state index contributed by atoms with van der Waals surface area (Å²) in [5.41, 5.74) is 0.822. The number of guanidine groups is 1. The van der Waals surface area contributed by atoms with Crippen LogP contribution in [0.3, 0.4) is 0 Å². The van der Waals surface area contributed by atoms with Crippen molar-refractivity contribution < 1.29 is 13.2 Å². The summed E-state index contributed by atoms with van der Waals surface area (Å²) < 4.78 is 41.0. The SMILES string of the molecule is CN=C(NCCCc1nnc2ccccn12)N1CCN(c2cccc(C(F)(F)F)c2)CC1. The highest BCUT2D eigenvalue weighted by Crippen LogP contribution is 2.31. The second-order valence-corrected chi connectivity index (χ2v) is 7.64. The van der Waals surface area contributed by atoms with Crippen LogP contribution >= 0.6 is 0 Å². The number of aliphatic imine (C=N–C) groups is 1. The number of halogens is 3. The number of alkyl halides is 3. The van der Waals surface area contributed by atoms with Crippen molar-refractivity contribution in [2.75, 3.05) is 44.7 Å². The van der Waals surface area contributed by atoms with Crippen LogP contribution in [0.1, 0.15) is 17.8 Å². The Hall–Kier alpha value is -3.30. The van der Waals surface area contributed by atoms with E-state index >= 15 is 0 Å². The van der Waals surface area contributed by atoms with Gasteiger partial charge in [0.25, 0.3) is 0 Å². The highest BCUT2D eigenvalue weighted by atomic mass is 19.4. The quantitative estimate of drug-likeness (QED) is 0.372. The Morgan fingerprint density at radius 1 is 1.06 bits per heavy atom. The monoisotopic (exact) mass is 445 g/mol. The molecule has 0 aliphatic carbocycles. The maximum absolute atomic E-state index is 13.0. The molecule has 3 heterocycles. The predicted molar refractivity (Wildman–Crippen MR) is 118 cm³/mol. The van der Waals surface area contributed by atoms with Crippen molar-refractivity contribution in [2.24, 2.45) is 4.99 Å². The van der Waals surface area contributed by atoms with E-state index in [4.69, 9.17) is 0 Å². The summed E-state index contributed by atoms with van der Waals surface area (Å²) in [5, 5.41) is 11.8. The Balaban J connectivity index is 1.26. The van der Waals surface area contributed by atoms with Gasteiger partial charge in [0.2, 0.25) is 0 Å². The fourth-order valence-electron chi connectivity index (χ4n) is 3.90. The third-order valence-electron chi connectivity index (χ3n) is 5.57. The fourth-order valence-corrected chi connectivity index (χ4v) is 3.90. The third kappa shape index (κ3) is 4.95. The molecule has 0 saturated carbocycles. The van der Waals surface area contributed by atoms with Crippen molar-refractivity contribution in [1.82, 2.24) is 24.8 Å². The maximum atomic E-state index is 13.0. The molecular weight excluding hydrogens is 419 g/mol. The molecule has 3 aromatic rings. The molecule has 32 heavy (non-hydrogen) atoms. The van der Waals surface area contributed by atoms with E-state index in [9.17, 15) is 13.2 Å². The first-order valence-corrected chi connectivity index (χ1v) is 10.6. The summed E-state index contributed by atoms with van der Waals surface area (Å²) in [5.74, 6) is 1.73. The summed E-state index contributed by atoms with van der Waals surface area (Å²) in [6.07, 6.45) is -0.707. The molecular formula is C22H26F3N7. The number of hydrogen-bond acceptors (Lipinski definition) is 4. The number of anilines is 1. The highest BCUT2D eigenvalue weighted by Gasteiger charge is 2.31. The Morgan fingerprint density at radius 2 is 1.88 bits per heavy atom. The Kier molecular flexibility index (Phi) is 6.48. The molecule has 1 N–H and O–H groups in total. The second-order valence-electron chi connectivity index (χ2n) is 7.64. The van der Waals surface area contributed by atoms with Gasteiger partial charge in [0.1, 0.15) is 5.82 Å². The van der Waals surface area contributed by atoms with Crippen LogP contribution in [-0.4, -0.2) is 65.2 Å². The first kappa shape index (κ1) is 21.9. The molecule has 1 aliphatic heterocycles. The van der Waals surface area contributed by atoms with Gasteiger partial charge in [0, 0.05) is 58.1 Å². The lowest BCUT2D eigenvalue weighted by Gasteiger charge is -2.37. The molecule has 1 fully saturated rings. The van der Waals surface area contributed by atoms with Crippen LogP contribution in [-0.2, 0) is 12.6 Å². The number of aryl methyl sites for hydroxylation is 1. The minimum absolute atomic E-state index is 0.600. The number of pyridine rings is 1. The molecule has 0 spiro atoms. The van der Waals surface area contributed by atoms with Crippen LogP contribution in [0.4, 0.5) is 18.9 Å². The van der Waals surface area contributed by atoms with Gasteiger partial charge in [0.15, 0.2) is 11.6 Å². The summed E-state index contributed by atoms with van der Waals surface area (Å²) in [7, 11) is 1.74. The summed E-state index contributed by atoms with van der Waals surface area (Å²) in [6.45, 7) is 3.37. The summed E-state index contributed by atoms with van der Waals surface area (Å²) in [6, 6.07) is 11.3. The normalized spacial score (nSPS) is 15.4. The van der Waals surface area contributed by atoms with Crippen LogP contribution in [0.15, 0.2) is 53.7 Å². The van der Waals surface area contributed by atoms with Crippen molar-refractivity contribution in [3.8, 4) is 0 Å². The molecule has 4 rings (SSSR count). The van der Waals surface area contributed by atoms with Gasteiger partial charge in [-0.25, -0.2) is 0 Å². The molecule has 2 aromatic heterocycles. The maximum Gasteiger partial charge on any atom is 0.416 e. The lowest BCUT2D eigenvalue weighted by atomic mass is 10.1. The molecule has 0 unspecified atom stereocenters. The molecule has 170 valence electrons. The molecule has 0 radical (unpaired) electrons. The van der Waals surface area contributed by atoms with E-state index in [1.54, 1.807) is 13.1 Å². The number of aromatic nitrogens is 3. The Morgan fingerprint density at radius 3 is 2.62 bits per heavy atom. The number of hydrogen-bond donors (Lipinski definition) is 1. The van der Waals surface area contributed by atoms with E-state index in [1.807, 2.05) is 33.7 Å². The van der Waals surface area contributed by atoms with Crippen molar-refractivity contribution in [3.63, 3.8) is 0 Å². The first-order valence-electron chi connectivity index (χ1n) is 10.6. The van der Waals surface area contributed by atoms with Gasteiger partial charge in [-0.2, -0.15) is 13.2 Å². The van der Waals surface area contributed by atoms with E-state index < -0.39 is 11.7 Å². The molecule has 10 heteroatoms. The number of nitrogens with zero attached hydrogens (tertiary/aromatic N) is 6. The standard InChI is InChI=1S/C22H26F3N7/c1-26-21(27-10-5-9-20-29-28-19-8-2-3-11-32(19)20)31-14-12-30(13-15-31)18-7-4-6-17(16-18)22(23,24)25/h2-4,6-8,11,16H,5,9-10,12-15H2,1H3,(H,26,27). The number of benzene rings is 1. The average Bonchev–Trinajstić information content (AvgIpc) is 3.22. The van der Waals surface area contributed by atoms with Crippen LogP contribution in [0.5, 0.6) is 0 Å². The zero-order chi connectivity index (χ0) is 22.6. The zero-order valence-corrected chi connectivity index (χ0v) is 17.9. The molecule has 1 saturated heterocycles. The molecule has 7 nitrogen and oxygen atoms in total. The lowest BCUT2D eigenvalue weighted by molar-refractivity contribution is -0.137. The molecule has 0 amide bonds. The smallest absolute Gasteiger partial charge is 0.368 e. The fraction of sp³-hybridized carbons (Fsp3) is 0.409. The molecule has 0 atom stereocenters. The summed E-state index contributed by atoms with van der Waals surface area (Å²) in [4.78, 5) is 8.49. The van der Waals surface area contributed by atoms with Gasteiger partial charge in [0.05, 0.1) is 5.56 Å². The second kappa shape index (κ2) is 9.46. The minimum atomic E-state index is -4.33. The van der Waals surface area contributed by atoms with E-state index in [0.29, 0.717) is 31.9 Å². The van der Waals surface area contributed by atoms with E-state index in [2.05, 4.69) is 25.4 Å². The Bertz CT molecular complexity index is 1070. The van der Waals surface area contributed by atoms with Gasteiger partial charge < -0.3 is 15.1 Å². The first-order chi connectivity index (χ1) is 15.5. The largest absolute Gasteiger partial charge is 0.416 e. The van der Waals surface area contributed by atoms with Gasteiger partial charge in [-0.1, -0.05) is 12.1 Å². The predicted octanol–water partition coefficient (Wildman–Crippen LogP) is 3.08. The van der Waals surface area contributed by atoms with Crippen molar-refractivity contribution in [2.45, 2.75) is 19.0 Å². The van der Waals surface area contributed by atoms with Crippen LogP contribution in [0, 0.1) is 0 Å². The summed E-state index contributed by atoms with van der Waals surface area (Å²) >= 11 is 0. The van der Waals surface area contributed by atoms with Crippen LogP contribution < -0.4 is 10.2 Å². The van der Waals surface area contributed by atoms with Crippen LogP contribution in [0.25, 0.3) is 5.65 Å². The molecule has 1 aromatic carbocycles. The van der Waals surface area contributed by atoms with E-state index in [-0.39, 0.29) is 0 Å². The van der Waals surface area contributed by atoms with Crippen molar-refractivity contribution in [3.05, 3.63) is 60.0 Å². The Labute approximate surface area is 184 Å². The minimum Gasteiger partial charge on any atom is -0.368 e. The number of rotatable bonds is 5. The lowest BCUT2D eigenvalue weighted by Crippen LogP contribution is -2.52.